The van der Waals surface area contributed by atoms with Crippen LogP contribution in [-0.2, 0) is 11.4 Å². The van der Waals surface area contributed by atoms with Crippen molar-refractivity contribution in [1.29, 1.82) is 0 Å². The lowest BCUT2D eigenvalue weighted by Gasteiger charge is -2.18. The number of hydrogen-bond acceptors (Lipinski definition) is 4. The van der Waals surface area contributed by atoms with Crippen LogP contribution >= 0.6 is 31.9 Å². The lowest BCUT2D eigenvalue weighted by molar-refractivity contribution is -0.123. The van der Waals surface area contributed by atoms with Crippen molar-refractivity contribution < 1.29 is 14.3 Å². The molecular formula is C26H26Br2N2O3. The molecule has 0 aromatic heterocycles. The van der Waals surface area contributed by atoms with Crippen LogP contribution in [-0.4, -0.2) is 18.7 Å². The maximum atomic E-state index is 12.2. The van der Waals surface area contributed by atoms with Gasteiger partial charge >= 0.3 is 0 Å². The van der Waals surface area contributed by atoms with Crippen LogP contribution in [0.15, 0.2) is 74.7 Å². The summed E-state index contributed by atoms with van der Waals surface area (Å²) in [6.45, 7) is 6.52. The normalized spacial score (nSPS) is 11.1. The van der Waals surface area contributed by atoms with Crippen molar-refractivity contribution in [3.8, 4) is 11.5 Å². The monoisotopic (exact) mass is 572 g/mol. The molecular weight excluding hydrogens is 548 g/mol. The molecule has 3 aromatic carbocycles. The van der Waals surface area contributed by atoms with E-state index < -0.39 is 0 Å². The summed E-state index contributed by atoms with van der Waals surface area (Å²) in [5.41, 5.74) is 6.50. The summed E-state index contributed by atoms with van der Waals surface area (Å²) in [5.74, 6) is 1.35. The van der Waals surface area contributed by atoms with Gasteiger partial charge in [-0.1, -0.05) is 60.1 Å². The van der Waals surface area contributed by atoms with Crippen molar-refractivity contribution in [2.45, 2.75) is 33.3 Å². The van der Waals surface area contributed by atoms with E-state index in [1.807, 2.05) is 67.6 Å². The van der Waals surface area contributed by atoms with Crippen LogP contribution in [0.2, 0.25) is 0 Å². The van der Waals surface area contributed by atoms with E-state index in [-0.39, 0.29) is 18.4 Å². The molecule has 172 valence electrons. The average Bonchev–Trinajstić information content (AvgIpc) is 2.82. The van der Waals surface area contributed by atoms with Gasteiger partial charge in [0, 0.05) is 4.47 Å². The van der Waals surface area contributed by atoms with Gasteiger partial charge in [-0.3, -0.25) is 4.79 Å². The number of rotatable bonds is 9. The summed E-state index contributed by atoms with van der Waals surface area (Å²) < 4.78 is 13.5. The zero-order valence-corrected chi connectivity index (χ0v) is 21.9. The Morgan fingerprint density at radius 2 is 1.76 bits per heavy atom. The van der Waals surface area contributed by atoms with Crippen LogP contribution in [0.4, 0.5) is 0 Å². The maximum Gasteiger partial charge on any atom is 0.277 e. The number of nitrogens with zero attached hydrogens (tertiary/aromatic N) is 1. The van der Waals surface area contributed by atoms with E-state index in [1.165, 1.54) is 0 Å². The van der Waals surface area contributed by atoms with Crippen molar-refractivity contribution in [2.75, 3.05) is 6.61 Å². The highest BCUT2D eigenvalue weighted by molar-refractivity contribution is 9.11. The number of hydrogen-bond donors (Lipinski definition) is 1. The molecule has 0 atom stereocenters. The molecule has 0 fully saturated rings. The lowest BCUT2D eigenvalue weighted by atomic mass is 10.0. The van der Waals surface area contributed by atoms with E-state index in [0.29, 0.717) is 12.4 Å². The molecule has 1 N–H and O–H groups in total. The van der Waals surface area contributed by atoms with Crippen LogP contribution in [0.3, 0.4) is 0 Å². The zero-order chi connectivity index (χ0) is 23.8. The minimum Gasteiger partial charge on any atom is -0.489 e. The largest absolute Gasteiger partial charge is 0.489 e. The molecule has 0 aliphatic heterocycles. The van der Waals surface area contributed by atoms with Crippen molar-refractivity contribution in [2.24, 2.45) is 5.10 Å². The first kappa shape index (κ1) is 25.0. The Balaban J connectivity index is 1.51. The standard InChI is InChI=1S/C26H26Br2N2O3/c1-17(2)22-13-23(27)18(3)25(28)26(22)33-16-24(31)30-29-14-19-9-11-21(12-10-19)32-15-20-7-5-4-6-8-20/h4-14,17H,15-16H2,1-3H3,(H,30,31)/b29-14+. The second-order valence-electron chi connectivity index (χ2n) is 7.80. The number of carbonyl (C=O) groups excluding carboxylic acids is 1. The first-order valence-corrected chi connectivity index (χ1v) is 12.1. The highest BCUT2D eigenvalue weighted by Gasteiger charge is 2.17. The number of amides is 1. The van der Waals surface area contributed by atoms with Crippen molar-refractivity contribution in [1.82, 2.24) is 5.43 Å². The van der Waals surface area contributed by atoms with Gasteiger partial charge in [-0.2, -0.15) is 5.10 Å². The Morgan fingerprint density at radius 3 is 2.42 bits per heavy atom. The molecule has 0 aliphatic rings. The summed E-state index contributed by atoms with van der Waals surface area (Å²) in [6, 6.07) is 19.5. The number of ether oxygens (including phenoxy) is 2. The van der Waals surface area contributed by atoms with Gasteiger partial charge in [-0.25, -0.2) is 5.43 Å². The van der Waals surface area contributed by atoms with Crippen LogP contribution < -0.4 is 14.9 Å². The SMILES string of the molecule is Cc1c(Br)cc(C(C)C)c(OCC(=O)N/N=C/c2ccc(OCc3ccccc3)cc2)c1Br. The average molecular weight is 574 g/mol. The number of halogens is 2. The van der Waals surface area contributed by atoms with Crippen LogP contribution in [0.5, 0.6) is 11.5 Å². The molecule has 3 rings (SSSR count). The van der Waals surface area contributed by atoms with Gasteiger partial charge in [0.15, 0.2) is 6.61 Å². The van der Waals surface area contributed by atoms with Gasteiger partial charge in [-0.05, 0) is 81.4 Å². The second-order valence-corrected chi connectivity index (χ2v) is 9.44. The van der Waals surface area contributed by atoms with Gasteiger partial charge in [-0.15, -0.1) is 0 Å². The molecule has 0 unspecified atom stereocenters. The quantitative estimate of drug-likeness (QED) is 0.227. The molecule has 1 amide bonds. The molecule has 0 saturated carbocycles. The zero-order valence-electron chi connectivity index (χ0n) is 18.8. The fraction of sp³-hybridized carbons (Fsp3) is 0.231. The van der Waals surface area contributed by atoms with E-state index in [9.17, 15) is 4.79 Å². The van der Waals surface area contributed by atoms with Crippen molar-refractivity contribution in [3.05, 3.63) is 91.9 Å². The Hall–Kier alpha value is -2.64. The van der Waals surface area contributed by atoms with Gasteiger partial charge in [0.2, 0.25) is 0 Å². The van der Waals surface area contributed by atoms with Gasteiger partial charge < -0.3 is 9.47 Å². The number of carbonyl (C=O) groups is 1. The Labute approximate surface area is 211 Å². The van der Waals surface area contributed by atoms with Crippen molar-refractivity contribution >= 4 is 44.0 Å². The summed E-state index contributed by atoms with van der Waals surface area (Å²) in [4.78, 5) is 12.2. The Bertz CT molecular complexity index is 1110. The molecule has 0 radical (unpaired) electrons. The smallest absolute Gasteiger partial charge is 0.277 e. The van der Waals surface area contributed by atoms with Crippen LogP contribution in [0, 0.1) is 6.92 Å². The third-order valence-electron chi connectivity index (χ3n) is 4.93. The van der Waals surface area contributed by atoms with Gasteiger partial charge in [0.05, 0.1) is 10.7 Å². The van der Waals surface area contributed by atoms with Crippen molar-refractivity contribution in [3.63, 3.8) is 0 Å². The fourth-order valence-corrected chi connectivity index (χ4v) is 4.30. The highest BCUT2D eigenvalue weighted by Crippen LogP contribution is 2.40. The Morgan fingerprint density at radius 1 is 1.06 bits per heavy atom. The fourth-order valence-electron chi connectivity index (χ4n) is 3.03. The molecule has 7 heteroatoms. The third kappa shape index (κ3) is 7.17. The molecule has 0 saturated heterocycles. The van der Waals surface area contributed by atoms with E-state index in [1.54, 1.807) is 6.21 Å². The van der Waals surface area contributed by atoms with E-state index in [0.717, 1.165) is 36.9 Å². The van der Waals surface area contributed by atoms with Crippen LogP contribution in [0.25, 0.3) is 0 Å². The Kier molecular flexibility index (Phi) is 9.09. The number of hydrazone groups is 1. The summed E-state index contributed by atoms with van der Waals surface area (Å²) in [6.07, 6.45) is 1.58. The number of nitrogens with one attached hydrogen (secondary N) is 1. The summed E-state index contributed by atoms with van der Waals surface area (Å²) >= 11 is 7.15. The second kappa shape index (κ2) is 12.0. The summed E-state index contributed by atoms with van der Waals surface area (Å²) in [5, 5.41) is 4.02. The van der Waals surface area contributed by atoms with E-state index in [4.69, 9.17) is 9.47 Å². The highest BCUT2D eigenvalue weighted by atomic mass is 79.9. The first-order valence-electron chi connectivity index (χ1n) is 10.5. The van der Waals surface area contributed by atoms with Gasteiger partial charge in [0.1, 0.15) is 18.1 Å². The molecule has 0 aliphatic carbocycles. The first-order chi connectivity index (χ1) is 15.8. The van der Waals surface area contributed by atoms with E-state index in [2.05, 4.69) is 56.2 Å². The lowest BCUT2D eigenvalue weighted by Crippen LogP contribution is -2.25. The molecule has 3 aromatic rings. The minimum absolute atomic E-state index is 0.136. The predicted molar refractivity (Wildman–Crippen MR) is 139 cm³/mol. The molecule has 0 heterocycles. The third-order valence-corrected chi connectivity index (χ3v) is 6.71. The minimum atomic E-state index is -0.337. The molecule has 33 heavy (non-hydrogen) atoms. The topological polar surface area (TPSA) is 59.9 Å². The number of benzene rings is 3. The van der Waals surface area contributed by atoms with Crippen LogP contribution in [0.1, 0.15) is 42.0 Å². The molecule has 0 spiro atoms. The summed E-state index contributed by atoms with van der Waals surface area (Å²) in [7, 11) is 0. The predicted octanol–water partition coefficient (Wildman–Crippen LogP) is 6.75. The van der Waals surface area contributed by atoms with Gasteiger partial charge in [0.25, 0.3) is 5.91 Å². The molecule has 0 bridgehead atoms. The maximum absolute atomic E-state index is 12.2. The molecule has 5 nitrogen and oxygen atoms in total. The van der Waals surface area contributed by atoms with E-state index >= 15 is 0 Å².